The second-order valence-electron chi connectivity index (χ2n) is 11.8. The Kier molecular flexibility index (Phi) is 9.22. The fourth-order valence-electron chi connectivity index (χ4n) is 5.87. The van der Waals surface area contributed by atoms with Gasteiger partial charge in [0.25, 0.3) is 0 Å². The number of benzene rings is 3. The molecule has 240 valence electrons. The molecule has 0 radical (unpaired) electrons. The molecule has 47 heavy (non-hydrogen) atoms. The van der Waals surface area contributed by atoms with Crippen molar-refractivity contribution in [1.29, 1.82) is 0 Å². The molecule has 6 rings (SSSR count). The van der Waals surface area contributed by atoms with Crippen LogP contribution >= 0.6 is 0 Å². The van der Waals surface area contributed by atoms with Crippen LogP contribution in [0.4, 0.5) is 17.1 Å². The van der Waals surface area contributed by atoms with Gasteiger partial charge in [-0.25, -0.2) is 4.79 Å². The molecule has 0 spiro atoms. The van der Waals surface area contributed by atoms with Gasteiger partial charge in [0.1, 0.15) is 36.5 Å². The predicted octanol–water partition coefficient (Wildman–Crippen LogP) is 7.12. The number of carbonyl (C=O) groups excluding carboxylic acids is 2. The Morgan fingerprint density at radius 2 is 1.55 bits per heavy atom. The van der Waals surface area contributed by atoms with E-state index in [0.717, 1.165) is 41.7 Å². The van der Waals surface area contributed by atoms with Crippen molar-refractivity contribution < 1.29 is 33.5 Å². The van der Waals surface area contributed by atoms with Gasteiger partial charge in [0.15, 0.2) is 5.78 Å². The van der Waals surface area contributed by atoms with E-state index >= 15 is 0 Å². The summed E-state index contributed by atoms with van der Waals surface area (Å²) in [7, 11) is 0. The largest absolute Gasteiger partial charge is 0.511 e. The fourth-order valence-corrected chi connectivity index (χ4v) is 5.87. The van der Waals surface area contributed by atoms with Gasteiger partial charge in [-0.3, -0.25) is 4.79 Å². The highest BCUT2D eigenvalue weighted by Crippen LogP contribution is 2.43. The number of carbonyl (C=O) groups is 2. The van der Waals surface area contributed by atoms with Gasteiger partial charge in [0.05, 0.1) is 18.1 Å². The first-order valence-electron chi connectivity index (χ1n) is 16.0. The van der Waals surface area contributed by atoms with Crippen molar-refractivity contribution >= 4 is 40.1 Å². The topological polar surface area (TPSA) is 91.6 Å². The van der Waals surface area contributed by atoms with Gasteiger partial charge < -0.3 is 24.2 Å². The van der Waals surface area contributed by atoms with Crippen molar-refractivity contribution in [3.8, 4) is 11.5 Å². The maximum Gasteiger partial charge on any atom is 0.338 e. The SMILES string of the molecule is C=C(C)C(=O)Oc1ccc([N+](CC)=C2C=CC(C3C(=O)C(c4ccc(N(CC)c5ccc(OCC6CO6)cc5)cc4)=C3O)C=C2)cc1. The highest BCUT2D eigenvalue weighted by atomic mass is 16.6. The molecule has 2 aliphatic carbocycles. The Bertz CT molecular complexity index is 1780. The van der Waals surface area contributed by atoms with Crippen LogP contribution in [-0.4, -0.2) is 59.6 Å². The average Bonchev–Trinajstić information content (AvgIpc) is 3.92. The van der Waals surface area contributed by atoms with Gasteiger partial charge in [-0.05, 0) is 74.9 Å². The van der Waals surface area contributed by atoms with Crippen molar-refractivity contribution in [3.63, 3.8) is 0 Å². The third kappa shape index (κ3) is 6.83. The maximum absolute atomic E-state index is 13.4. The zero-order valence-electron chi connectivity index (χ0n) is 26.9. The van der Waals surface area contributed by atoms with Gasteiger partial charge in [-0.1, -0.05) is 30.9 Å². The molecule has 2 unspecified atom stereocenters. The van der Waals surface area contributed by atoms with Crippen LogP contribution in [0.25, 0.3) is 5.57 Å². The van der Waals surface area contributed by atoms with Crippen molar-refractivity contribution in [2.24, 2.45) is 11.8 Å². The third-order valence-corrected chi connectivity index (χ3v) is 8.55. The van der Waals surface area contributed by atoms with E-state index in [1.807, 2.05) is 85.0 Å². The zero-order chi connectivity index (χ0) is 33.1. The van der Waals surface area contributed by atoms with E-state index in [2.05, 4.69) is 29.9 Å². The van der Waals surface area contributed by atoms with Crippen molar-refractivity contribution in [2.45, 2.75) is 26.9 Å². The Hall–Kier alpha value is -5.21. The van der Waals surface area contributed by atoms with Crippen LogP contribution < -0.4 is 14.4 Å². The van der Waals surface area contributed by atoms with E-state index in [4.69, 9.17) is 14.2 Å². The minimum Gasteiger partial charge on any atom is -0.511 e. The summed E-state index contributed by atoms with van der Waals surface area (Å²) in [4.78, 5) is 27.4. The van der Waals surface area contributed by atoms with E-state index in [-0.39, 0.29) is 23.6 Å². The molecule has 1 N–H and O–H groups in total. The van der Waals surface area contributed by atoms with Gasteiger partial charge in [0, 0.05) is 53.7 Å². The maximum atomic E-state index is 13.4. The Morgan fingerprint density at radius 1 is 0.957 bits per heavy atom. The van der Waals surface area contributed by atoms with E-state index in [1.165, 1.54) is 0 Å². The molecular formula is C39H39N2O6+. The van der Waals surface area contributed by atoms with Crippen LogP contribution in [0.5, 0.6) is 11.5 Å². The number of hydrogen-bond donors (Lipinski definition) is 1. The minimum absolute atomic E-state index is 0.0650. The summed E-state index contributed by atoms with van der Waals surface area (Å²) in [6.07, 6.45) is 8.11. The summed E-state index contributed by atoms with van der Waals surface area (Å²) >= 11 is 0. The molecule has 3 aromatic rings. The quantitative estimate of drug-likeness (QED) is 0.0748. The monoisotopic (exact) mass is 631 g/mol. The molecule has 1 heterocycles. The molecule has 8 nitrogen and oxygen atoms in total. The van der Waals surface area contributed by atoms with Crippen LogP contribution in [0.3, 0.4) is 0 Å². The van der Waals surface area contributed by atoms with Crippen LogP contribution in [0.15, 0.2) is 115 Å². The predicted molar refractivity (Wildman–Crippen MR) is 183 cm³/mol. The number of ketones is 1. The Morgan fingerprint density at radius 3 is 2.09 bits per heavy atom. The fraction of sp³-hybridized carbons (Fsp3) is 0.256. The minimum atomic E-state index is -0.601. The third-order valence-electron chi connectivity index (χ3n) is 8.55. The number of aliphatic hydroxyl groups is 1. The molecule has 0 saturated carbocycles. The Labute approximate surface area is 275 Å². The number of aliphatic hydroxyl groups excluding tert-OH is 1. The number of Topliss-reactive ketones (excluding diaryl/α,β-unsaturated/α-hetero) is 1. The Balaban J connectivity index is 1.12. The second kappa shape index (κ2) is 13.6. The van der Waals surface area contributed by atoms with Crippen LogP contribution in [-0.2, 0) is 14.3 Å². The van der Waals surface area contributed by atoms with Gasteiger partial charge in [-0.2, -0.15) is 4.58 Å². The number of epoxide rings is 1. The molecule has 1 fully saturated rings. The average molecular weight is 632 g/mol. The molecule has 1 aliphatic heterocycles. The summed E-state index contributed by atoms with van der Waals surface area (Å²) in [5.41, 5.74) is 5.34. The van der Waals surface area contributed by atoms with Crippen molar-refractivity contribution in [3.05, 3.63) is 121 Å². The number of esters is 1. The molecule has 1 saturated heterocycles. The van der Waals surface area contributed by atoms with E-state index in [1.54, 1.807) is 19.1 Å². The number of rotatable bonds is 12. The summed E-state index contributed by atoms with van der Waals surface area (Å²) in [6, 6.07) is 23.0. The van der Waals surface area contributed by atoms with E-state index in [0.29, 0.717) is 35.6 Å². The van der Waals surface area contributed by atoms with Gasteiger partial charge in [0.2, 0.25) is 11.4 Å². The normalized spacial score (nSPS) is 19.7. The zero-order valence-corrected chi connectivity index (χ0v) is 26.9. The lowest BCUT2D eigenvalue weighted by Crippen LogP contribution is -2.35. The molecule has 2 atom stereocenters. The molecule has 0 aromatic heterocycles. The highest BCUT2D eigenvalue weighted by molar-refractivity contribution is 6.30. The summed E-state index contributed by atoms with van der Waals surface area (Å²) < 4.78 is 18.4. The van der Waals surface area contributed by atoms with E-state index in [9.17, 15) is 14.7 Å². The van der Waals surface area contributed by atoms with Crippen molar-refractivity contribution in [2.75, 3.05) is 31.2 Å². The molecule has 0 amide bonds. The number of hydrogen-bond acceptors (Lipinski definition) is 7. The number of anilines is 2. The lowest BCUT2D eigenvalue weighted by molar-refractivity contribution is -0.434. The van der Waals surface area contributed by atoms with E-state index < -0.39 is 11.9 Å². The smallest absolute Gasteiger partial charge is 0.338 e. The summed E-state index contributed by atoms with van der Waals surface area (Å²) in [5.74, 6) is 0.0188. The lowest BCUT2D eigenvalue weighted by Gasteiger charge is -2.32. The van der Waals surface area contributed by atoms with Crippen LogP contribution in [0, 0.1) is 11.8 Å². The first-order valence-corrected chi connectivity index (χ1v) is 16.0. The first kappa shape index (κ1) is 31.8. The van der Waals surface area contributed by atoms with Gasteiger partial charge in [-0.15, -0.1) is 0 Å². The van der Waals surface area contributed by atoms with Crippen LogP contribution in [0.1, 0.15) is 26.3 Å². The molecule has 8 heteroatoms. The van der Waals surface area contributed by atoms with Gasteiger partial charge >= 0.3 is 5.97 Å². The second-order valence-corrected chi connectivity index (χ2v) is 11.8. The molecule has 0 bridgehead atoms. The number of nitrogens with zero attached hydrogens (tertiary/aromatic N) is 2. The molecule has 3 aromatic carbocycles. The van der Waals surface area contributed by atoms with Crippen LogP contribution in [0.2, 0.25) is 0 Å². The molecular weight excluding hydrogens is 592 g/mol. The number of allylic oxidation sites excluding steroid dienone is 6. The summed E-state index contributed by atoms with van der Waals surface area (Å²) in [6.45, 7) is 12.2. The lowest BCUT2D eigenvalue weighted by atomic mass is 9.71. The highest BCUT2D eigenvalue weighted by Gasteiger charge is 2.44. The van der Waals surface area contributed by atoms with Crippen molar-refractivity contribution in [1.82, 2.24) is 0 Å². The number of ether oxygens (including phenoxy) is 3. The molecule has 3 aliphatic rings. The standard InChI is InChI=1S/C39H38N2O6/c1-5-40(30-15-19-32(20-16-30)45-23-34-24-46-34)28-11-7-26(8-12-28)35-37(42)36(38(35)43)27-9-13-29(14-10-27)41(6-2)31-17-21-33(22-18-31)47-39(44)25(3)4/h7-22,27,34,36H,3,5-6,23-24H2,1-2,4H3/p+1. The summed E-state index contributed by atoms with van der Waals surface area (Å²) in [5, 5.41) is 11.1. The first-order chi connectivity index (χ1) is 22.8.